The fourth-order valence-corrected chi connectivity index (χ4v) is 1.55. The van der Waals surface area contributed by atoms with Crippen LogP contribution in [0.4, 0.5) is 0 Å². The van der Waals surface area contributed by atoms with Crippen LogP contribution in [0.15, 0.2) is 24.3 Å². The summed E-state index contributed by atoms with van der Waals surface area (Å²) in [6.45, 7) is 9.23. The van der Waals surface area contributed by atoms with Crippen LogP contribution in [0.1, 0.15) is 43.6 Å². The summed E-state index contributed by atoms with van der Waals surface area (Å²) in [5.74, 6) is 0.405. The molecule has 19 heavy (non-hydrogen) atoms. The summed E-state index contributed by atoms with van der Waals surface area (Å²) >= 11 is 4.91. The van der Waals surface area contributed by atoms with Crippen molar-refractivity contribution in [3.05, 3.63) is 35.4 Å². The zero-order chi connectivity index (χ0) is 14.6. The van der Waals surface area contributed by atoms with E-state index in [9.17, 15) is 4.79 Å². The average molecular weight is 278 g/mol. The maximum absolute atomic E-state index is 12.1. The minimum atomic E-state index is -0.0909. The highest BCUT2D eigenvalue weighted by molar-refractivity contribution is 7.80. The van der Waals surface area contributed by atoms with Gasteiger partial charge in [0.15, 0.2) is 0 Å². The summed E-state index contributed by atoms with van der Waals surface area (Å²) in [7, 11) is 0. The minimum Gasteiger partial charge on any atom is -0.389 e. The first-order valence-electron chi connectivity index (χ1n) is 6.42. The molecule has 0 atom stereocenters. The van der Waals surface area contributed by atoms with E-state index in [2.05, 4.69) is 33.0 Å². The molecule has 0 heterocycles. The van der Waals surface area contributed by atoms with Crippen LogP contribution in [0.5, 0.6) is 0 Å². The van der Waals surface area contributed by atoms with E-state index in [-0.39, 0.29) is 11.3 Å². The van der Waals surface area contributed by atoms with Crippen molar-refractivity contribution in [3.63, 3.8) is 0 Å². The number of thiocarbonyl (C=S) groups is 1. The molecule has 1 amide bonds. The summed E-state index contributed by atoms with van der Waals surface area (Å²) in [4.78, 5) is 12.4. The first-order chi connectivity index (χ1) is 8.74. The molecule has 0 aliphatic heterocycles. The lowest BCUT2D eigenvalue weighted by Gasteiger charge is -2.29. The minimum absolute atomic E-state index is 0.0659. The third-order valence-corrected chi connectivity index (χ3v) is 3.91. The van der Waals surface area contributed by atoms with Gasteiger partial charge in [-0.05, 0) is 23.5 Å². The largest absolute Gasteiger partial charge is 0.389 e. The summed E-state index contributed by atoms with van der Waals surface area (Å²) in [5.41, 5.74) is 6.93. The van der Waals surface area contributed by atoms with Crippen LogP contribution in [0.2, 0.25) is 0 Å². The van der Waals surface area contributed by atoms with Gasteiger partial charge in [-0.25, -0.2) is 0 Å². The molecular weight excluding hydrogens is 256 g/mol. The van der Waals surface area contributed by atoms with Gasteiger partial charge in [-0.1, -0.05) is 52.0 Å². The van der Waals surface area contributed by atoms with Gasteiger partial charge in [-0.15, -0.1) is 0 Å². The Morgan fingerprint density at radius 3 is 2.47 bits per heavy atom. The standard InChI is InChI=1S/C15H22N2OS/c1-10(2)15(3,4)9-17-14(18)12-7-5-6-11(8-12)13(16)19/h5-8,10H,9H2,1-4H3,(H2,16,19)(H,17,18). The zero-order valence-corrected chi connectivity index (χ0v) is 12.8. The second-order valence-corrected chi connectivity index (χ2v) is 6.21. The summed E-state index contributed by atoms with van der Waals surface area (Å²) in [5, 5.41) is 2.96. The Kier molecular flexibility index (Phi) is 5.06. The second-order valence-electron chi connectivity index (χ2n) is 5.77. The molecule has 0 aliphatic rings. The quantitative estimate of drug-likeness (QED) is 0.814. The van der Waals surface area contributed by atoms with Crippen molar-refractivity contribution in [2.75, 3.05) is 6.54 Å². The number of rotatable bonds is 5. The van der Waals surface area contributed by atoms with Crippen molar-refractivity contribution in [2.24, 2.45) is 17.1 Å². The van der Waals surface area contributed by atoms with Gasteiger partial charge in [0.1, 0.15) is 4.99 Å². The van der Waals surface area contributed by atoms with E-state index in [1.54, 1.807) is 24.3 Å². The highest BCUT2D eigenvalue weighted by Gasteiger charge is 2.23. The van der Waals surface area contributed by atoms with Gasteiger partial charge in [0, 0.05) is 17.7 Å². The van der Waals surface area contributed by atoms with Crippen LogP contribution in [0, 0.1) is 11.3 Å². The van der Waals surface area contributed by atoms with E-state index in [0.29, 0.717) is 28.6 Å². The molecule has 0 unspecified atom stereocenters. The highest BCUT2D eigenvalue weighted by Crippen LogP contribution is 2.24. The van der Waals surface area contributed by atoms with Crippen LogP contribution in [0.25, 0.3) is 0 Å². The Balaban J connectivity index is 2.74. The Morgan fingerprint density at radius 1 is 1.37 bits per heavy atom. The molecule has 1 aromatic carbocycles. The SMILES string of the molecule is CC(C)C(C)(C)CNC(=O)c1cccc(C(N)=S)c1. The molecule has 0 bridgehead atoms. The van der Waals surface area contributed by atoms with Gasteiger partial charge >= 0.3 is 0 Å². The van der Waals surface area contributed by atoms with Gasteiger partial charge in [0.05, 0.1) is 0 Å². The summed E-state index contributed by atoms with van der Waals surface area (Å²) < 4.78 is 0. The van der Waals surface area contributed by atoms with Gasteiger partial charge in [0.25, 0.3) is 5.91 Å². The summed E-state index contributed by atoms with van der Waals surface area (Å²) in [6, 6.07) is 7.08. The number of benzene rings is 1. The molecule has 1 aromatic rings. The molecule has 0 saturated carbocycles. The number of hydrogen-bond acceptors (Lipinski definition) is 2. The molecule has 3 nitrogen and oxygen atoms in total. The monoisotopic (exact) mass is 278 g/mol. The van der Waals surface area contributed by atoms with Gasteiger partial charge in [-0.3, -0.25) is 4.79 Å². The number of carbonyl (C=O) groups is 1. The molecule has 0 saturated heterocycles. The molecule has 0 radical (unpaired) electrons. The highest BCUT2D eigenvalue weighted by atomic mass is 32.1. The first-order valence-corrected chi connectivity index (χ1v) is 6.83. The first kappa shape index (κ1) is 15.6. The fraction of sp³-hybridized carbons (Fsp3) is 0.467. The van der Waals surface area contributed by atoms with Crippen molar-refractivity contribution >= 4 is 23.1 Å². The number of nitrogens with one attached hydrogen (secondary N) is 1. The van der Waals surface area contributed by atoms with Crippen molar-refractivity contribution in [1.82, 2.24) is 5.32 Å². The van der Waals surface area contributed by atoms with Crippen LogP contribution < -0.4 is 11.1 Å². The smallest absolute Gasteiger partial charge is 0.251 e. The van der Waals surface area contributed by atoms with Crippen molar-refractivity contribution in [3.8, 4) is 0 Å². The number of nitrogens with two attached hydrogens (primary N) is 1. The molecule has 4 heteroatoms. The van der Waals surface area contributed by atoms with Crippen molar-refractivity contribution in [1.29, 1.82) is 0 Å². The van der Waals surface area contributed by atoms with Gasteiger partial charge < -0.3 is 11.1 Å². The van der Waals surface area contributed by atoms with Gasteiger partial charge in [0.2, 0.25) is 0 Å². The number of amides is 1. The lowest BCUT2D eigenvalue weighted by molar-refractivity contribution is 0.0925. The van der Waals surface area contributed by atoms with E-state index in [1.807, 2.05) is 0 Å². The third kappa shape index (κ3) is 4.31. The lowest BCUT2D eigenvalue weighted by Crippen LogP contribution is -2.37. The molecule has 0 aliphatic carbocycles. The van der Waals surface area contributed by atoms with E-state index in [0.717, 1.165) is 0 Å². The van der Waals surface area contributed by atoms with Gasteiger partial charge in [-0.2, -0.15) is 0 Å². The van der Waals surface area contributed by atoms with Crippen molar-refractivity contribution < 1.29 is 4.79 Å². The Hall–Kier alpha value is -1.42. The predicted octanol–water partition coefficient (Wildman–Crippen LogP) is 2.73. The lowest BCUT2D eigenvalue weighted by atomic mass is 9.81. The Bertz CT molecular complexity index is 481. The van der Waals surface area contributed by atoms with E-state index < -0.39 is 0 Å². The molecule has 104 valence electrons. The second kappa shape index (κ2) is 6.15. The van der Waals surface area contributed by atoms with Crippen molar-refractivity contribution in [2.45, 2.75) is 27.7 Å². The Labute approximate surface area is 120 Å². The van der Waals surface area contributed by atoms with E-state index in [1.165, 1.54) is 0 Å². The third-order valence-electron chi connectivity index (χ3n) is 3.68. The van der Waals surface area contributed by atoms with Crippen LogP contribution in [0.3, 0.4) is 0 Å². The van der Waals surface area contributed by atoms with E-state index in [4.69, 9.17) is 18.0 Å². The fourth-order valence-electron chi connectivity index (χ4n) is 1.43. The zero-order valence-electron chi connectivity index (χ0n) is 12.0. The topological polar surface area (TPSA) is 55.1 Å². The van der Waals surface area contributed by atoms with Crippen LogP contribution in [-0.4, -0.2) is 17.4 Å². The summed E-state index contributed by atoms with van der Waals surface area (Å²) in [6.07, 6.45) is 0. The number of hydrogen-bond donors (Lipinski definition) is 2. The van der Waals surface area contributed by atoms with E-state index >= 15 is 0 Å². The Morgan fingerprint density at radius 2 is 1.95 bits per heavy atom. The molecule has 3 N–H and O–H groups in total. The molecule has 1 rings (SSSR count). The molecule has 0 fully saturated rings. The average Bonchev–Trinajstić information content (AvgIpc) is 2.36. The molecule has 0 spiro atoms. The molecule has 0 aromatic heterocycles. The predicted molar refractivity (Wildman–Crippen MR) is 83.3 cm³/mol. The van der Waals surface area contributed by atoms with Crippen LogP contribution >= 0.6 is 12.2 Å². The number of carbonyl (C=O) groups excluding carboxylic acids is 1. The van der Waals surface area contributed by atoms with Crippen LogP contribution in [-0.2, 0) is 0 Å². The normalized spacial score (nSPS) is 11.4. The maximum Gasteiger partial charge on any atom is 0.251 e. The molecular formula is C15H22N2OS. The maximum atomic E-state index is 12.1.